The summed E-state index contributed by atoms with van der Waals surface area (Å²) in [6.45, 7) is 2.69. The zero-order chi connectivity index (χ0) is 16.5. The molecule has 0 aliphatic carbocycles. The predicted molar refractivity (Wildman–Crippen MR) is 71.2 cm³/mol. The number of likely N-dealkylation sites (tertiary alicyclic amines) is 1. The van der Waals surface area contributed by atoms with Gasteiger partial charge in [-0.3, -0.25) is 9.59 Å². The van der Waals surface area contributed by atoms with Crippen molar-refractivity contribution in [2.24, 2.45) is 0 Å². The summed E-state index contributed by atoms with van der Waals surface area (Å²) in [6.07, 6.45) is -3.33. The lowest BCUT2D eigenvalue weighted by atomic mass is 9.97. The van der Waals surface area contributed by atoms with E-state index in [-0.39, 0.29) is 31.1 Å². The van der Waals surface area contributed by atoms with Gasteiger partial charge in [-0.15, -0.1) is 0 Å². The van der Waals surface area contributed by atoms with Gasteiger partial charge in [-0.05, 0) is 25.8 Å². The minimum atomic E-state index is -4.52. The first-order valence-corrected chi connectivity index (χ1v) is 6.89. The minimum Gasteiger partial charge on any atom is -0.459 e. The third-order valence-corrected chi connectivity index (χ3v) is 3.68. The minimum absolute atomic E-state index is 0.0993. The van der Waals surface area contributed by atoms with Crippen molar-refractivity contribution >= 4 is 11.8 Å². The van der Waals surface area contributed by atoms with Gasteiger partial charge in [0.25, 0.3) is 5.91 Å². The van der Waals surface area contributed by atoms with E-state index in [2.05, 4.69) is 5.32 Å². The van der Waals surface area contributed by atoms with Crippen LogP contribution in [0.2, 0.25) is 0 Å². The molecule has 2 heterocycles. The van der Waals surface area contributed by atoms with Crippen LogP contribution in [0.1, 0.15) is 35.9 Å². The van der Waals surface area contributed by atoms with Crippen molar-refractivity contribution in [3.63, 3.8) is 0 Å². The molecule has 2 rings (SSSR count). The Balaban J connectivity index is 2.25. The molecule has 8 heteroatoms. The molecule has 1 fully saturated rings. The molecule has 1 aliphatic heterocycles. The van der Waals surface area contributed by atoms with Crippen molar-refractivity contribution in [3.8, 4) is 0 Å². The number of alkyl halides is 3. The number of nitrogens with one attached hydrogen (secondary N) is 1. The second kappa shape index (κ2) is 6.02. The summed E-state index contributed by atoms with van der Waals surface area (Å²) in [6, 6.07) is -0.838. The molecule has 0 spiro atoms. The summed E-state index contributed by atoms with van der Waals surface area (Å²) in [7, 11) is 0. The van der Waals surface area contributed by atoms with E-state index in [1.165, 1.54) is 19.3 Å². The molecule has 1 aromatic heterocycles. The summed E-state index contributed by atoms with van der Waals surface area (Å²) in [4.78, 5) is 24.2. The number of carbonyl (C=O) groups excluding carboxylic acids is 2. The average molecular weight is 318 g/mol. The molecule has 0 saturated carbocycles. The summed E-state index contributed by atoms with van der Waals surface area (Å²) >= 11 is 0. The molecular formula is C14H17F3N2O3. The van der Waals surface area contributed by atoms with Crippen LogP contribution in [0.3, 0.4) is 0 Å². The number of amides is 2. The average Bonchev–Trinajstić information content (AvgIpc) is 2.82. The predicted octanol–water partition coefficient (Wildman–Crippen LogP) is 2.26. The van der Waals surface area contributed by atoms with Gasteiger partial charge in [-0.25, -0.2) is 0 Å². The van der Waals surface area contributed by atoms with Crippen LogP contribution in [-0.4, -0.2) is 41.5 Å². The summed E-state index contributed by atoms with van der Waals surface area (Å²) in [5.74, 6) is -1.24. The highest BCUT2D eigenvalue weighted by Crippen LogP contribution is 2.33. The van der Waals surface area contributed by atoms with Crippen molar-refractivity contribution < 1.29 is 27.2 Å². The number of hydrogen-bond acceptors (Lipinski definition) is 3. The molecule has 2 atom stereocenters. The molecular weight excluding hydrogens is 301 g/mol. The lowest BCUT2D eigenvalue weighted by molar-refractivity contribution is -0.184. The molecule has 0 unspecified atom stereocenters. The Morgan fingerprint density at radius 1 is 1.36 bits per heavy atom. The summed E-state index contributed by atoms with van der Waals surface area (Å²) < 4.78 is 44.5. The van der Waals surface area contributed by atoms with Crippen LogP contribution >= 0.6 is 0 Å². The topological polar surface area (TPSA) is 62.6 Å². The maximum absolute atomic E-state index is 13.2. The lowest BCUT2D eigenvalue weighted by Gasteiger charge is -2.40. The SMILES string of the molecule is CC(=O)N[C@@H]1CC[C@@H](C(F)(F)F)N(C(=O)c2occc2C)C1. The number of piperidine rings is 1. The maximum atomic E-state index is 13.2. The largest absolute Gasteiger partial charge is 0.459 e. The van der Waals surface area contributed by atoms with Gasteiger partial charge in [0.05, 0.1) is 6.26 Å². The molecule has 22 heavy (non-hydrogen) atoms. The molecule has 1 N–H and O–H groups in total. The van der Waals surface area contributed by atoms with Gasteiger partial charge < -0.3 is 14.6 Å². The van der Waals surface area contributed by atoms with Crippen molar-refractivity contribution in [2.75, 3.05) is 6.54 Å². The second-order valence-corrected chi connectivity index (χ2v) is 5.42. The van der Waals surface area contributed by atoms with Crippen LogP contribution in [0, 0.1) is 6.92 Å². The Hall–Kier alpha value is -1.99. The zero-order valence-corrected chi connectivity index (χ0v) is 12.2. The van der Waals surface area contributed by atoms with E-state index in [0.717, 1.165) is 4.90 Å². The van der Waals surface area contributed by atoms with Crippen LogP contribution in [0.15, 0.2) is 16.7 Å². The first-order valence-electron chi connectivity index (χ1n) is 6.89. The number of rotatable bonds is 2. The number of nitrogens with zero attached hydrogens (tertiary/aromatic N) is 1. The number of carbonyl (C=O) groups is 2. The fourth-order valence-electron chi connectivity index (χ4n) is 2.66. The number of hydrogen-bond donors (Lipinski definition) is 1. The maximum Gasteiger partial charge on any atom is 0.408 e. The van der Waals surface area contributed by atoms with E-state index in [9.17, 15) is 22.8 Å². The van der Waals surface area contributed by atoms with Crippen LogP contribution in [0.25, 0.3) is 0 Å². The van der Waals surface area contributed by atoms with Crippen molar-refractivity contribution in [1.29, 1.82) is 0 Å². The Bertz CT molecular complexity index is 568. The highest BCUT2D eigenvalue weighted by atomic mass is 19.4. The van der Waals surface area contributed by atoms with Crippen LogP contribution in [0.4, 0.5) is 13.2 Å². The van der Waals surface area contributed by atoms with Crippen molar-refractivity contribution in [1.82, 2.24) is 10.2 Å². The van der Waals surface area contributed by atoms with E-state index in [4.69, 9.17) is 4.42 Å². The Morgan fingerprint density at radius 3 is 2.55 bits per heavy atom. The van der Waals surface area contributed by atoms with E-state index in [1.54, 1.807) is 6.92 Å². The van der Waals surface area contributed by atoms with Crippen molar-refractivity contribution in [3.05, 3.63) is 23.7 Å². The van der Waals surface area contributed by atoms with Gasteiger partial charge in [0.2, 0.25) is 5.91 Å². The van der Waals surface area contributed by atoms with Gasteiger partial charge in [0, 0.05) is 25.1 Å². The quantitative estimate of drug-likeness (QED) is 0.910. The second-order valence-electron chi connectivity index (χ2n) is 5.42. The monoisotopic (exact) mass is 318 g/mol. The first kappa shape index (κ1) is 16.4. The smallest absolute Gasteiger partial charge is 0.408 e. The highest BCUT2D eigenvalue weighted by Gasteiger charge is 2.48. The van der Waals surface area contributed by atoms with Gasteiger partial charge in [-0.2, -0.15) is 13.2 Å². The first-order chi connectivity index (χ1) is 10.2. The highest BCUT2D eigenvalue weighted by molar-refractivity contribution is 5.93. The van der Waals surface area contributed by atoms with E-state index < -0.39 is 24.2 Å². The normalized spacial score (nSPS) is 22.5. The van der Waals surface area contributed by atoms with Crippen molar-refractivity contribution in [2.45, 2.75) is 44.9 Å². The van der Waals surface area contributed by atoms with Gasteiger partial charge >= 0.3 is 6.18 Å². The van der Waals surface area contributed by atoms with Crippen LogP contribution in [0.5, 0.6) is 0 Å². The molecule has 1 saturated heterocycles. The molecule has 122 valence electrons. The molecule has 0 radical (unpaired) electrons. The number of aryl methyl sites for hydroxylation is 1. The summed E-state index contributed by atoms with van der Waals surface area (Å²) in [5.41, 5.74) is 0.479. The van der Waals surface area contributed by atoms with E-state index >= 15 is 0 Å². The lowest BCUT2D eigenvalue weighted by Crippen LogP contribution is -2.58. The number of halogens is 3. The Kier molecular flexibility index (Phi) is 4.48. The van der Waals surface area contributed by atoms with E-state index in [1.807, 2.05) is 0 Å². The Labute approximate surface area is 125 Å². The number of furan rings is 1. The molecule has 0 aromatic carbocycles. The molecule has 5 nitrogen and oxygen atoms in total. The Morgan fingerprint density at radius 2 is 2.05 bits per heavy atom. The third-order valence-electron chi connectivity index (χ3n) is 3.68. The zero-order valence-electron chi connectivity index (χ0n) is 12.2. The fourth-order valence-corrected chi connectivity index (χ4v) is 2.66. The summed E-state index contributed by atoms with van der Waals surface area (Å²) in [5, 5.41) is 2.57. The molecule has 2 amide bonds. The van der Waals surface area contributed by atoms with Gasteiger partial charge in [-0.1, -0.05) is 0 Å². The van der Waals surface area contributed by atoms with Crippen LogP contribution in [-0.2, 0) is 4.79 Å². The molecule has 0 bridgehead atoms. The fraction of sp³-hybridized carbons (Fsp3) is 0.571. The standard InChI is InChI=1S/C14H17F3N2O3/c1-8-5-6-22-12(8)13(21)19-7-10(18-9(2)20)3-4-11(19)14(15,16)17/h5-6,10-11H,3-4,7H2,1-2H3,(H,18,20)/t10-,11+/m1/s1. The third kappa shape index (κ3) is 3.42. The van der Waals surface area contributed by atoms with Gasteiger partial charge in [0.1, 0.15) is 6.04 Å². The molecule has 1 aliphatic rings. The molecule has 1 aromatic rings. The van der Waals surface area contributed by atoms with E-state index in [0.29, 0.717) is 5.56 Å². The van der Waals surface area contributed by atoms with Crippen LogP contribution < -0.4 is 5.32 Å². The van der Waals surface area contributed by atoms with Gasteiger partial charge in [0.15, 0.2) is 5.76 Å².